The molecule has 3 rings (SSSR count). The molecule has 10 heteroatoms. The first-order chi connectivity index (χ1) is 18.2. The third-order valence-corrected chi connectivity index (χ3v) is 7.11. The van der Waals surface area contributed by atoms with E-state index in [2.05, 4.69) is 10.6 Å². The summed E-state index contributed by atoms with van der Waals surface area (Å²) in [5.74, 6) is -0.299. The molecule has 0 spiro atoms. The highest BCUT2D eigenvalue weighted by molar-refractivity contribution is 7.98. The molecule has 1 aliphatic heterocycles. The van der Waals surface area contributed by atoms with E-state index < -0.39 is 36.0 Å². The lowest BCUT2D eigenvalue weighted by atomic mass is 9.91. The molecule has 3 amide bonds. The Morgan fingerprint density at radius 1 is 1.18 bits per heavy atom. The van der Waals surface area contributed by atoms with Gasteiger partial charge >= 0.3 is 12.2 Å². The molecule has 0 saturated heterocycles. The second kappa shape index (κ2) is 14.0. The summed E-state index contributed by atoms with van der Waals surface area (Å²) in [6.45, 7) is 4.38. The van der Waals surface area contributed by atoms with Crippen molar-refractivity contribution in [1.29, 1.82) is 0 Å². The lowest BCUT2D eigenvalue weighted by molar-refractivity contribution is -0.118. The zero-order chi connectivity index (χ0) is 27.7. The molecule has 2 atom stereocenters. The van der Waals surface area contributed by atoms with Gasteiger partial charge in [0.15, 0.2) is 0 Å². The highest BCUT2D eigenvalue weighted by Gasteiger charge is 2.32. The number of fused-ring (bicyclic) bond motifs is 1. The van der Waals surface area contributed by atoms with E-state index in [0.717, 1.165) is 5.56 Å². The number of nitrogens with one attached hydrogen (secondary N) is 2. The minimum absolute atomic E-state index is 0.00873. The number of benzene rings is 2. The zero-order valence-electron chi connectivity index (χ0n) is 22.0. The van der Waals surface area contributed by atoms with Crippen LogP contribution in [-0.4, -0.2) is 52.7 Å². The van der Waals surface area contributed by atoms with E-state index in [0.29, 0.717) is 49.1 Å². The minimum atomic E-state index is -1.02. The van der Waals surface area contributed by atoms with E-state index in [1.165, 1.54) is 22.7 Å². The summed E-state index contributed by atoms with van der Waals surface area (Å²) in [6.07, 6.45) is 1.88. The van der Waals surface area contributed by atoms with Crippen molar-refractivity contribution in [1.82, 2.24) is 10.2 Å². The van der Waals surface area contributed by atoms with E-state index in [-0.39, 0.29) is 18.2 Å². The number of ether oxygens (including phenoxy) is 1. The number of nitrogens with zero attached hydrogens (tertiary/aromatic N) is 1. The Kier molecular flexibility index (Phi) is 10.8. The number of amides is 3. The van der Waals surface area contributed by atoms with Gasteiger partial charge in [0.25, 0.3) is 0 Å². The molecule has 1 unspecified atom stereocenters. The van der Waals surface area contributed by atoms with Gasteiger partial charge in [0.2, 0.25) is 5.91 Å². The molecule has 1 heterocycles. The van der Waals surface area contributed by atoms with Crippen LogP contribution in [0.1, 0.15) is 55.8 Å². The SMILES string of the molecule is CSCC[C@H](NC(=O)OCc1ccccc1)C(=O)Nc1ccc2c(c1F)CCCN(C(=O)O)C2CC(C)C. The van der Waals surface area contributed by atoms with Crippen LogP contribution in [0.5, 0.6) is 0 Å². The van der Waals surface area contributed by atoms with Gasteiger partial charge < -0.3 is 25.4 Å². The molecule has 0 bridgehead atoms. The van der Waals surface area contributed by atoms with Crippen LogP contribution in [0.15, 0.2) is 42.5 Å². The normalized spacial score (nSPS) is 15.8. The van der Waals surface area contributed by atoms with Gasteiger partial charge in [-0.2, -0.15) is 11.8 Å². The molecule has 0 fully saturated rings. The molecule has 0 aromatic heterocycles. The van der Waals surface area contributed by atoms with Gasteiger partial charge in [0.1, 0.15) is 18.5 Å². The summed E-state index contributed by atoms with van der Waals surface area (Å²) in [4.78, 5) is 38.8. The summed E-state index contributed by atoms with van der Waals surface area (Å²) in [6, 6.07) is 11.0. The van der Waals surface area contributed by atoms with Gasteiger partial charge in [0.05, 0.1) is 11.7 Å². The lowest BCUT2D eigenvalue weighted by Gasteiger charge is -2.30. The van der Waals surface area contributed by atoms with Gasteiger partial charge in [0, 0.05) is 6.54 Å². The largest absolute Gasteiger partial charge is 0.465 e. The molecule has 206 valence electrons. The number of carbonyl (C=O) groups excluding carboxylic acids is 2. The van der Waals surface area contributed by atoms with Crippen LogP contribution in [0.4, 0.5) is 19.7 Å². The summed E-state index contributed by atoms with van der Waals surface area (Å²) in [7, 11) is 0. The van der Waals surface area contributed by atoms with Crippen LogP contribution in [0, 0.1) is 11.7 Å². The fraction of sp³-hybridized carbons (Fsp3) is 0.464. The van der Waals surface area contributed by atoms with Crippen LogP contribution >= 0.6 is 11.8 Å². The van der Waals surface area contributed by atoms with E-state index >= 15 is 4.39 Å². The maximum Gasteiger partial charge on any atom is 0.408 e. The first-order valence-electron chi connectivity index (χ1n) is 12.8. The Balaban J connectivity index is 1.76. The number of hydrogen-bond acceptors (Lipinski definition) is 5. The molecule has 3 N–H and O–H groups in total. The zero-order valence-corrected chi connectivity index (χ0v) is 22.9. The van der Waals surface area contributed by atoms with Crippen LogP contribution in [-0.2, 0) is 22.6 Å². The van der Waals surface area contributed by atoms with E-state index in [1.54, 1.807) is 6.07 Å². The summed E-state index contributed by atoms with van der Waals surface area (Å²) < 4.78 is 21.0. The Bertz CT molecular complexity index is 1120. The minimum Gasteiger partial charge on any atom is -0.465 e. The predicted molar refractivity (Wildman–Crippen MR) is 147 cm³/mol. The maximum atomic E-state index is 15.7. The number of thioether (sulfide) groups is 1. The number of alkyl carbamates (subject to hydrolysis) is 1. The van der Waals surface area contributed by atoms with Crippen LogP contribution < -0.4 is 10.6 Å². The fourth-order valence-electron chi connectivity index (χ4n) is 4.61. The predicted octanol–water partition coefficient (Wildman–Crippen LogP) is 5.83. The Labute approximate surface area is 227 Å². The second-order valence-electron chi connectivity index (χ2n) is 9.75. The van der Waals surface area contributed by atoms with Crippen molar-refractivity contribution >= 4 is 35.5 Å². The van der Waals surface area contributed by atoms with Gasteiger partial charge in [-0.1, -0.05) is 50.2 Å². The van der Waals surface area contributed by atoms with Gasteiger partial charge in [-0.05, 0) is 66.4 Å². The average molecular weight is 546 g/mol. The second-order valence-corrected chi connectivity index (χ2v) is 10.7. The average Bonchev–Trinajstić information content (AvgIpc) is 3.07. The van der Waals surface area contributed by atoms with Crippen molar-refractivity contribution in [3.05, 3.63) is 65.0 Å². The number of carbonyl (C=O) groups is 3. The molecule has 0 saturated carbocycles. The third kappa shape index (κ3) is 7.86. The molecule has 8 nitrogen and oxygen atoms in total. The van der Waals surface area contributed by atoms with Gasteiger partial charge in [-0.25, -0.2) is 14.0 Å². The monoisotopic (exact) mass is 545 g/mol. The molecule has 2 aromatic carbocycles. The molecule has 2 aromatic rings. The van der Waals surface area contributed by atoms with Crippen molar-refractivity contribution in [2.75, 3.05) is 23.9 Å². The number of rotatable bonds is 10. The number of hydrogen-bond donors (Lipinski definition) is 3. The molecule has 0 aliphatic carbocycles. The van der Waals surface area contributed by atoms with Gasteiger partial charge in [-0.15, -0.1) is 0 Å². The first-order valence-corrected chi connectivity index (χ1v) is 14.2. The van der Waals surface area contributed by atoms with Crippen molar-refractivity contribution in [3.8, 4) is 0 Å². The Hall–Kier alpha value is -3.27. The summed E-state index contributed by atoms with van der Waals surface area (Å²) in [5, 5.41) is 15.0. The van der Waals surface area contributed by atoms with Crippen LogP contribution in [0.25, 0.3) is 0 Å². The van der Waals surface area contributed by atoms with E-state index in [4.69, 9.17) is 4.74 Å². The first kappa shape index (κ1) is 29.3. The number of halogens is 1. The number of carboxylic acid groups (broad SMARTS) is 1. The molecular formula is C28H36FN3O5S. The standard InChI is InChI=1S/C28H36FN3O5S/c1-18(2)16-24-20-11-12-22(25(29)21(20)10-7-14-32(24)28(35)36)30-26(33)23(13-15-38-3)31-27(34)37-17-19-8-5-4-6-9-19/h4-6,8-9,11-12,18,23-24H,7,10,13-17H2,1-3H3,(H,30,33)(H,31,34)(H,35,36)/t23-,24?/m0/s1. The van der Waals surface area contributed by atoms with E-state index in [9.17, 15) is 19.5 Å². The highest BCUT2D eigenvalue weighted by Crippen LogP contribution is 2.37. The molecule has 1 aliphatic rings. The maximum absolute atomic E-state index is 15.7. The number of anilines is 1. The highest BCUT2D eigenvalue weighted by atomic mass is 32.2. The van der Waals surface area contributed by atoms with Crippen molar-refractivity contribution < 1.29 is 28.6 Å². The molecular weight excluding hydrogens is 509 g/mol. The van der Waals surface area contributed by atoms with Crippen molar-refractivity contribution in [2.45, 2.75) is 58.2 Å². The fourth-order valence-corrected chi connectivity index (χ4v) is 5.08. The van der Waals surface area contributed by atoms with Gasteiger partial charge in [-0.3, -0.25) is 4.79 Å². The quantitative estimate of drug-likeness (QED) is 0.347. The smallest absolute Gasteiger partial charge is 0.408 e. The van der Waals surface area contributed by atoms with Crippen LogP contribution in [0.2, 0.25) is 0 Å². The molecule has 38 heavy (non-hydrogen) atoms. The Morgan fingerprint density at radius 2 is 1.92 bits per heavy atom. The van der Waals surface area contributed by atoms with Crippen LogP contribution in [0.3, 0.4) is 0 Å². The summed E-state index contributed by atoms with van der Waals surface area (Å²) >= 11 is 1.52. The third-order valence-electron chi connectivity index (χ3n) is 6.47. The lowest BCUT2D eigenvalue weighted by Crippen LogP contribution is -2.44. The van der Waals surface area contributed by atoms with Crippen molar-refractivity contribution in [3.63, 3.8) is 0 Å². The summed E-state index contributed by atoms with van der Waals surface area (Å²) in [5.41, 5.74) is 1.88. The topological polar surface area (TPSA) is 108 Å². The Morgan fingerprint density at radius 3 is 2.58 bits per heavy atom. The van der Waals surface area contributed by atoms with Crippen molar-refractivity contribution in [2.24, 2.45) is 5.92 Å². The molecule has 0 radical (unpaired) electrons. The van der Waals surface area contributed by atoms with E-state index in [1.807, 2.05) is 50.4 Å².